The third-order valence-electron chi connectivity index (χ3n) is 7.48. The molecule has 2 fully saturated rings. The Morgan fingerprint density at radius 2 is 1.87 bits per heavy atom. The van der Waals surface area contributed by atoms with E-state index in [0.29, 0.717) is 5.56 Å². The zero-order valence-corrected chi connectivity index (χ0v) is 21.1. The van der Waals surface area contributed by atoms with E-state index in [1.54, 1.807) is 13.8 Å². The van der Waals surface area contributed by atoms with E-state index in [4.69, 9.17) is 4.74 Å². The fraction of sp³-hybridized carbons (Fsp3) is 0.538. The largest absolute Gasteiger partial charge is 0.492 e. The van der Waals surface area contributed by atoms with Gasteiger partial charge in [0.15, 0.2) is 0 Å². The molecule has 1 aromatic carbocycles. The molecule has 3 atom stereocenters. The number of ether oxygens (including phenoxy) is 1. The van der Waals surface area contributed by atoms with Crippen molar-refractivity contribution in [3.63, 3.8) is 0 Å². The molecule has 1 aliphatic heterocycles. The van der Waals surface area contributed by atoms with E-state index in [1.807, 2.05) is 0 Å². The first-order chi connectivity index (χ1) is 18.1. The minimum atomic E-state index is -4.83. The van der Waals surface area contributed by atoms with E-state index in [0.717, 1.165) is 22.9 Å². The summed E-state index contributed by atoms with van der Waals surface area (Å²) in [4.78, 5) is 3.72. The molecule has 39 heavy (non-hydrogen) atoms. The summed E-state index contributed by atoms with van der Waals surface area (Å²) in [5.74, 6) is -1.30. The van der Waals surface area contributed by atoms with Crippen LogP contribution < -0.4 is 10.1 Å². The Kier molecular flexibility index (Phi) is 6.83. The molecule has 0 radical (unpaired) electrons. The molecular weight excluding hydrogens is 530 g/mol. The summed E-state index contributed by atoms with van der Waals surface area (Å²) in [6, 6.07) is 3.14. The number of hydrogen-bond acceptors (Lipinski definition) is 6. The number of aromatic nitrogens is 3. The smallest absolute Gasteiger partial charge is 0.418 e. The molecule has 3 N–H and O–H groups in total. The van der Waals surface area contributed by atoms with Gasteiger partial charge in [0, 0.05) is 23.8 Å². The molecule has 2 aromatic heterocycles. The number of nitrogens with one attached hydrogen (secondary N) is 1. The number of alkyl halides is 5. The number of benzene rings is 1. The summed E-state index contributed by atoms with van der Waals surface area (Å²) >= 11 is 0. The quantitative estimate of drug-likeness (QED) is 0.368. The highest BCUT2D eigenvalue weighted by molar-refractivity contribution is 5.85. The van der Waals surface area contributed by atoms with Crippen LogP contribution in [0.4, 0.5) is 26.3 Å². The Labute approximate surface area is 219 Å². The zero-order valence-electron chi connectivity index (χ0n) is 21.1. The second-order valence-electron chi connectivity index (χ2n) is 10.9. The minimum Gasteiger partial charge on any atom is -0.492 e. The number of pyridine rings is 1. The summed E-state index contributed by atoms with van der Waals surface area (Å²) in [6.07, 6.45) is -5.76. The van der Waals surface area contributed by atoms with Crippen LogP contribution in [0, 0.1) is 5.95 Å². The van der Waals surface area contributed by atoms with Gasteiger partial charge in [-0.1, -0.05) is 6.07 Å². The second kappa shape index (κ2) is 9.63. The van der Waals surface area contributed by atoms with E-state index in [9.17, 15) is 36.6 Å². The lowest BCUT2D eigenvalue weighted by Crippen LogP contribution is -2.53. The van der Waals surface area contributed by atoms with Gasteiger partial charge in [0.1, 0.15) is 18.1 Å². The van der Waals surface area contributed by atoms with Gasteiger partial charge in [0.2, 0.25) is 5.95 Å². The van der Waals surface area contributed by atoms with Crippen LogP contribution in [0.2, 0.25) is 0 Å². The molecule has 1 aliphatic carbocycles. The molecule has 212 valence electrons. The van der Waals surface area contributed by atoms with Crippen LogP contribution in [-0.4, -0.2) is 49.3 Å². The monoisotopic (exact) mass is 558 g/mol. The van der Waals surface area contributed by atoms with Gasteiger partial charge in [-0.2, -0.15) is 17.6 Å². The highest BCUT2D eigenvalue weighted by Gasteiger charge is 2.44. The van der Waals surface area contributed by atoms with Crippen molar-refractivity contribution in [2.45, 2.75) is 81.5 Å². The maximum Gasteiger partial charge on any atom is 0.418 e. The number of hydrogen-bond donors (Lipinski definition) is 3. The molecular formula is C26H28F6N4O3. The molecule has 5 rings (SSSR count). The Bertz CT molecular complexity index is 1350. The van der Waals surface area contributed by atoms with Crippen molar-refractivity contribution in [1.29, 1.82) is 0 Å². The SMILES string of the molecule is C[C@H]1C[C@@](O)(c2ccc(C(F)F)nc2)C[C@@H](COc2cc(C(F)(F)F)c3c(c2)c(F)nn3C2CC(C)(O)C2)N1. The first-order valence-corrected chi connectivity index (χ1v) is 12.5. The van der Waals surface area contributed by atoms with Crippen LogP contribution in [0.15, 0.2) is 30.5 Å². The van der Waals surface area contributed by atoms with Crippen LogP contribution in [0.5, 0.6) is 5.75 Å². The van der Waals surface area contributed by atoms with E-state index in [1.165, 1.54) is 12.3 Å². The molecule has 0 bridgehead atoms. The fourth-order valence-electron chi connectivity index (χ4n) is 5.77. The van der Waals surface area contributed by atoms with Crippen LogP contribution in [-0.2, 0) is 11.8 Å². The van der Waals surface area contributed by atoms with Crippen molar-refractivity contribution >= 4 is 10.9 Å². The van der Waals surface area contributed by atoms with E-state index in [-0.39, 0.29) is 49.5 Å². The molecule has 7 nitrogen and oxygen atoms in total. The average molecular weight is 559 g/mol. The summed E-state index contributed by atoms with van der Waals surface area (Å²) in [5, 5.41) is 27.9. The number of fused-ring (bicyclic) bond motifs is 1. The van der Waals surface area contributed by atoms with Crippen molar-refractivity contribution in [2.75, 3.05) is 6.61 Å². The third kappa shape index (κ3) is 5.44. The van der Waals surface area contributed by atoms with Gasteiger partial charge in [-0.3, -0.25) is 9.67 Å². The maximum atomic E-state index is 14.8. The van der Waals surface area contributed by atoms with Crippen LogP contribution in [0.25, 0.3) is 10.9 Å². The molecule has 13 heteroatoms. The van der Waals surface area contributed by atoms with Gasteiger partial charge < -0.3 is 20.3 Å². The summed E-state index contributed by atoms with van der Waals surface area (Å²) in [6.45, 7) is 3.20. The van der Waals surface area contributed by atoms with E-state index in [2.05, 4.69) is 15.4 Å². The number of halogens is 6. The predicted octanol–water partition coefficient (Wildman–Crippen LogP) is 5.02. The number of aliphatic hydroxyl groups is 2. The van der Waals surface area contributed by atoms with E-state index >= 15 is 0 Å². The Morgan fingerprint density at radius 3 is 2.46 bits per heavy atom. The molecule has 1 saturated carbocycles. The lowest BCUT2D eigenvalue weighted by atomic mass is 9.77. The number of rotatable bonds is 6. The lowest BCUT2D eigenvalue weighted by Gasteiger charge is -2.41. The minimum absolute atomic E-state index is 0.0787. The number of piperidine rings is 1. The summed E-state index contributed by atoms with van der Waals surface area (Å²) in [5.41, 5.74) is -4.07. The van der Waals surface area contributed by atoms with Gasteiger partial charge in [-0.25, -0.2) is 8.78 Å². The van der Waals surface area contributed by atoms with Gasteiger partial charge >= 0.3 is 6.18 Å². The maximum absolute atomic E-state index is 14.8. The molecule has 1 saturated heterocycles. The fourth-order valence-corrected chi connectivity index (χ4v) is 5.77. The van der Waals surface area contributed by atoms with Gasteiger partial charge in [0.25, 0.3) is 6.43 Å². The zero-order chi connectivity index (χ0) is 28.3. The molecule has 0 amide bonds. The molecule has 2 aliphatic rings. The van der Waals surface area contributed by atoms with Crippen molar-refractivity contribution in [3.05, 3.63) is 53.2 Å². The van der Waals surface area contributed by atoms with Crippen LogP contribution in [0.3, 0.4) is 0 Å². The van der Waals surface area contributed by atoms with Crippen LogP contribution in [0.1, 0.15) is 68.8 Å². The van der Waals surface area contributed by atoms with Gasteiger partial charge in [0.05, 0.1) is 33.7 Å². The predicted molar refractivity (Wildman–Crippen MR) is 128 cm³/mol. The summed E-state index contributed by atoms with van der Waals surface area (Å²) < 4.78 is 89.4. The Hall–Kier alpha value is -2.90. The first-order valence-electron chi connectivity index (χ1n) is 12.5. The standard InChI is InChI=1S/C26H28F6N4O3/c1-13-7-25(38,14-3-4-20(22(27)28)33-11-14)8-15(34-13)12-39-17-5-18-21(19(6-17)26(30,31)32)36(35-23(18)29)16-9-24(2,37)10-16/h3-6,11,13,15-16,22,34,37-38H,7-10,12H2,1-2H3/t13-,15-,16?,24?,25-/m0/s1. The Morgan fingerprint density at radius 1 is 1.15 bits per heavy atom. The van der Waals surface area contributed by atoms with Gasteiger partial charge in [-0.05, 0) is 57.7 Å². The van der Waals surface area contributed by atoms with Crippen LogP contribution >= 0.6 is 0 Å². The topological polar surface area (TPSA) is 92.4 Å². The Balaban J connectivity index is 1.38. The molecule has 3 aromatic rings. The lowest BCUT2D eigenvalue weighted by molar-refractivity contribution is -0.136. The van der Waals surface area contributed by atoms with Crippen molar-refractivity contribution < 1.29 is 41.3 Å². The highest BCUT2D eigenvalue weighted by Crippen LogP contribution is 2.45. The normalized spacial score (nSPS) is 29.6. The molecule has 0 spiro atoms. The third-order valence-corrected chi connectivity index (χ3v) is 7.48. The highest BCUT2D eigenvalue weighted by atomic mass is 19.4. The molecule has 3 heterocycles. The van der Waals surface area contributed by atoms with Crippen molar-refractivity contribution in [1.82, 2.24) is 20.1 Å². The van der Waals surface area contributed by atoms with E-state index < -0.39 is 58.6 Å². The van der Waals surface area contributed by atoms with Gasteiger partial charge in [-0.15, -0.1) is 5.10 Å². The van der Waals surface area contributed by atoms with Crippen molar-refractivity contribution in [2.24, 2.45) is 0 Å². The van der Waals surface area contributed by atoms with Crippen molar-refractivity contribution in [3.8, 4) is 5.75 Å². The molecule has 0 unspecified atom stereocenters. The summed E-state index contributed by atoms with van der Waals surface area (Å²) in [7, 11) is 0. The number of nitrogens with zero attached hydrogens (tertiary/aromatic N) is 3. The average Bonchev–Trinajstić information content (AvgIpc) is 3.15. The first kappa shape index (κ1) is 27.7. The second-order valence-corrected chi connectivity index (χ2v) is 10.9.